The van der Waals surface area contributed by atoms with E-state index in [2.05, 4.69) is 5.32 Å². The number of ketones is 1. The van der Waals surface area contributed by atoms with Crippen molar-refractivity contribution in [1.29, 1.82) is 0 Å². The van der Waals surface area contributed by atoms with Gasteiger partial charge in [-0.05, 0) is 31.8 Å². The molecule has 1 saturated heterocycles. The number of Topliss-reactive ketones (excluding diaryl/α,β-unsaturated/α-hetero) is 1. The third kappa shape index (κ3) is 1.21. The average molecular weight is 139 g/mol. The van der Waals surface area contributed by atoms with Crippen LogP contribution in [0.1, 0.15) is 19.3 Å². The van der Waals surface area contributed by atoms with Crippen LogP contribution in [0.25, 0.3) is 0 Å². The fraction of sp³-hybridized carbons (Fsp3) is 0.875. The fourth-order valence-corrected chi connectivity index (χ4v) is 1.35. The van der Waals surface area contributed by atoms with Gasteiger partial charge in [0.25, 0.3) is 0 Å². The summed E-state index contributed by atoms with van der Waals surface area (Å²) in [4.78, 5) is 11.2. The molecule has 2 heteroatoms. The van der Waals surface area contributed by atoms with Gasteiger partial charge in [0.2, 0.25) is 0 Å². The SMILES string of the molecule is O=C(CC1CNC1)C1CC1. The van der Waals surface area contributed by atoms with Gasteiger partial charge in [0.15, 0.2) is 0 Å². The highest BCUT2D eigenvalue weighted by molar-refractivity contribution is 5.83. The van der Waals surface area contributed by atoms with Crippen molar-refractivity contribution in [2.75, 3.05) is 13.1 Å². The van der Waals surface area contributed by atoms with Crippen LogP contribution in [0.4, 0.5) is 0 Å². The molecule has 1 aliphatic heterocycles. The van der Waals surface area contributed by atoms with Crippen LogP contribution in [0, 0.1) is 11.8 Å². The molecule has 0 bridgehead atoms. The zero-order chi connectivity index (χ0) is 6.97. The average Bonchev–Trinajstić information content (AvgIpc) is 2.58. The molecule has 0 atom stereocenters. The molecule has 0 aromatic carbocycles. The number of rotatable bonds is 3. The molecule has 2 rings (SSSR count). The maximum atomic E-state index is 11.2. The van der Waals surface area contributed by atoms with Crippen molar-refractivity contribution in [3.63, 3.8) is 0 Å². The van der Waals surface area contributed by atoms with Gasteiger partial charge < -0.3 is 5.32 Å². The van der Waals surface area contributed by atoms with Gasteiger partial charge in [0.05, 0.1) is 0 Å². The highest BCUT2D eigenvalue weighted by atomic mass is 16.1. The van der Waals surface area contributed by atoms with Gasteiger partial charge in [-0.1, -0.05) is 0 Å². The van der Waals surface area contributed by atoms with E-state index in [9.17, 15) is 4.79 Å². The van der Waals surface area contributed by atoms with Crippen LogP contribution in [0.15, 0.2) is 0 Å². The fourth-order valence-electron chi connectivity index (χ4n) is 1.35. The van der Waals surface area contributed by atoms with Crippen LogP contribution in [-0.2, 0) is 4.79 Å². The van der Waals surface area contributed by atoms with Crippen LogP contribution in [0.3, 0.4) is 0 Å². The summed E-state index contributed by atoms with van der Waals surface area (Å²) < 4.78 is 0. The molecule has 10 heavy (non-hydrogen) atoms. The highest BCUT2D eigenvalue weighted by Gasteiger charge is 2.32. The van der Waals surface area contributed by atoms with E-state index in [1.807, 2.05) is 0 Å². The van der Waals surface area contributed by atoms with E-state index in [4.69, 9.17) is 0 Å². The lowest BCUT2D eigenvalue weighted by atomic mass is 9.95. The number of nitrogens with one attached hydrogen (secondary N) is 1. The van der Waals surface area contributed by atoms with Crippen molar-refractivity contribution in [3.05, 3.63) is 0 Å². The Morgan fingerprint density at radius 3 is 2.50 bits per heavy atom. The molecular weight excluding hydrogens is 126 g/mol. The number of hydrogen-bond acceptors (Lipinski definition) is 2. The van der Waals surface area contributed by atoms with Crippen LogP contribution < -0.4 is 5.32 Å². The molecule has 1 saturated carbocycles. The van der Waals surface area contributed by atoms with Crippen LogP contribution in [-0.4, -0.2) is 18.9 Å². The van der Waals surface area contributed by atoms with Crippen molar-refractivity contribution in [2.45, 2.75) is 19.3 Å². The molecule has 2 nitrogen and oxygen atoms in total. The normalized spacial score (nSPS) is 26.0. The Morgan fingerprint density at radius 2 is 2.10 bits per heavy atom. The maximum Gasteiger partial charge on any atom is 0.136 e. The lowest BCUT2D eigenvalue weighted by Crippen LogP contribution is -2.43. The van der Waals surface area contributed by atoms with Crippen LogP contribution >= 0.6 is 0 Å². The van der Waals surface area contributed by atoms with Crippen molar-refractivity contribution in [2.24, 2.45) is 11.8 Å². The molecule has 1 heterocycles. The van der Waals surface area contributed by atoms with Gasteiger partial charge in [0, 0.05) is 12.3 Å². The second-order valence-electron chi connectivity index (χ2n) is 3.47. The van der Waals surface area contributed by atoms with Crippen molar-refractivity contribution in [3.8, 4) is 0 Å². The van der Waals surface area contributed by atoms with Crippen molar-refractivity contribution < 1.29 is 4.79 Å². The predicted octanol–water partition coefficient (Wildman–Crippen LogP) is 0.575. The minimum atomic E-state index is 0.473. The predicted molar refractivity (Wildman–Crippen MR) is 38.7 cm³/mol. The largest absolute Gasteiger partial charge is 0.316 e. The summed E-state index contributed by atoms with van der Waals surface area (Å²) in [7, 11) is 0. The molecule has 2 aliphatic rings. The number of carbonyl (C=O) groups is 1. The van der Waals surface area contributed by atoms with Gasteiger partial charge in [-0.2, -0.15) is 0 Å². The first-order valence-electron chi connectivity index (χ1n) is 4.09. The molecule has 0 unspecified atom stereocenters. The summed E-state index contributed by atoms with van der Waals surface area (Å²) in [6.45, 7) is 2.14. The topological polar surface area (TPSA) is 29.1 Å². The Hall–Kier alpha value is -0.370. The summed E-state index contributed by atoms with van der Waals surface area (Å²) in [5, 5.41) is 3.17. The standard InChI is InChI=1S/C8H13NO/c10-8(7-1-2-7)3-6-4-9-5-6/h6-7,9H,1-5H2. The molecule has 0 radical (unpaired) electrons. The quantitative estimate of drug-likeness (QED) is 0.619. The van der Waals surface area contributed by atoms with Gasteiger partial charge in [-0.25, -0.2) is 0 Å². The first kappa shape index (κ1) is 6.35. The van der Waals surface area contributed by atoms with E-state index >= 15 is 0 Å². The first-order valence-corrected chi connectivity index (χ1v) is 4.09. The van der Waals surface area contributed by atoms with E-state index in [1.165, 1.54) is 12.8 Å². The summed E-state index contributed by atoms with van der Waals surface area (Å²) in [5.41, 5.74) is 0. The number of carbonyl (C=O) groups excluding carboxylic acids is 1. The monoisotopic (exact) mass is 139 g/mol. The smallest absolute Gasteiger partial charge is 0.136 e. The van der Waals surface area contributed by atoms with Gasteiger partial charge in [-0.15, -0.1) is 0 Å². The molecule has 0 amide bonds. The second kappa shape index (κ2) is 2.35. The van der Waals surface area contributed by atoms with E-state index < -0.39 is 0 Å². The minimum absolute atomic E-state index is 0.473. The molecule has 1 N–H and O–H groups in total. The summed E-state index contributed by atoms with van der Waals surface area (Å²) in [6, 6.07) is 0. The summed E-state index contributed by atoms with van der Waals surface area (Å²) in [6.07, 6.45) is 3.18. The van der Waals surface area contributed by atoms with Gasteiger partial charge in [-0.3, -0.25) is 4.79 Å². The van der Waals surface area contributed by atoms with Crippen molar-refractivity contribution >= 4 is 5.78 Å². The molecule has 0 aromatic heterocycles. The molecule has 0 aromatic rings. The first-order chi connectivity index (χ1) is 4.86. The second-order valence-corrected chi connectivity index (χ2v) is 3.47. The highest BCUT2D eigenvalue weighted by Crippen LogP contribution is 2.32. The third-order valence-electron chi connectivity index (χ3n) is 2.39. The Labute approximate surface area is 61.0 Å². The van der Waals surface area contributed by atoms with E-state index in [1.54, 1.807) is 0 Å². The Morgan fingerprint density at radius 1 is 1.40 bits per heavy atom. The minimum Gasteiger partial charge on any atom is -0.316 e. The lowest BCUT2D eigenvalue weighted by molar-refractivity contribution is -0.121. The molecular formula is C8H13NO. The van der Waals surface area contributed by atoms with Crippen LogP contribution in [0.2, 0.25) is 0 Å². The third-order valence-corrected chi connectivity index (χ3v) is 2.39. The van der Waals surface area contributed by atoms with Crippen LogP contribution in [0.5, 0.6) is 0 Å². The van der Waals surface area contributed by atoms with Gasteiger partial charge >= 0.3 is 0 Å². The van der Waals surface area contributed by atoms with E-state index in [0.29, 0.717) is 17.6 Å². The molecule has 56 valence electrons. The Kier molecular flexibility index (Phi) is 1.49. The van der Waals surface area contributed by atoms with E-state index in [0.717, 1.165) is 19.5 Å². The number of hydrogen-bond donors (Lipinski definition) is 1. The van der Waals surface area contributed by atoms with Gasteiger partial charge in [0.1, 0.15) is 5.78 Å². The lowest BCUT2D eigenvalue weighted by Gasteiger charge is -2.26. The Balaban J connectivity index is 1.72. The molecule has 0 spiro atoms. The maximum absolute atomic E-state index is 11.2. The summed E-state index contributed by atoms with van der Waals surface area (Å²) in [5.74, 6) is 1.67. The van der Waals surface area contributed by atoms with Crippen molar-refractivity contribution in [1.82, 2.24) is 5.32 Å². The molecule has 1 aliphatic carbocycles. The zero-order valence-electron chi connectivity index (χ0n) is 6.10. The molecule has 2 fully saturated rings. The summed E-state index contributed by atoms with van der Waals surface area (Å²) >= 11 is 0. The Bertz CT molecular complexity index is 147. The zero-order valence-corrected chi connectivity index (χ0v) is 6.10. The van der Waals surface area contributed by atoms with E-state index in [-0.39, 0.29) is 0 Å².